The van der Waals surface area contributed by atoms with Crippen molar-refractivity contribution in [1.29, 1.82) is 0 Å². The second-order valence-corrected chi connectivity index (χ2v) is 7.66. The van der Waals surface area contributed by atoms with Crippen molar-refractivity contribution in [3.63, 3.8) is 0 Å². The molecule has 0 radical (unpaired) electrons. The molecule has 1 fully saturated rings. The lowest BCUT2D eigenvalue weighted by molar-refractivity contribution is -0.137. The normalized spacial score (nSPS) is 14.7. The van der Waals surface area contributed by atoms with Gasteiger partial charge in [0.1, 0.15) is 0 Å². The van der Waals surface area contributed by atoms with Crippen molar-refractivity contribution in [2.75, 3.05) is 31.9 Å². The van der Waals surface area contributed by atoms with Crippen LogP contribution in [0.2, 0.25) is 0 Å². The second kappa shape index (κ2) is 9.03. The number of thioether (sulfide) groups is 1. The van der Waals surface area contributed by atoms with E-state index in [4.69, 9.17) is 0 Å². The van der Waals surface area contributed by atoms with Gasteiger partial charge in [-0.15, -0.1) is 11.8 Å². The third-order valence-corrected chi connectivity index (χ3v) is 5.61. The Hall–Kier alpha value is -2.62. The fourth-order valence-corrected chi connectivity index (χ4v) is 3.77. The van der Waals surface area contributed by atoms with Crippen molar-refractivity contribution in [2.45, 2.75) is 11.1 Å². The average Bonchev–Trinajstić information content (AvgIpc) is 2.73. The smallest absolute Gasteiger partial charge is 0.338 e. The van der Waals surface area contributed by atoms with E-state index in [1.807, 2.05) is 0 Å². The van der Waals surface area contributed by atoms with Gasteiger partial charge in [0.25, 0.3) is 5.91 Å². The van der Waals surface area contributed by atoms with Crippen LogP contribution in [0, 0.1) is 11.6 Å². The van der Waals surface area contributed by atoms with Crippen molar-refractivity contribution in [2.24, 2.45) is 0 Å². The van der Waals surface area contributed by atoms with E-state index in [-0.39, 0.29) is 43.4 Å². The zero-order valence-electron chi connectivity index (χ0n) is 15.6. The van der Waals surface area contributed by atoms with Crippen LogP contribution in [-0.4, -0.2) is 53.5 Å². The van der Waals surface area contributed by atoms with E-state index in [2.05, 4.69) is 0 Å². The summed E-state index contributed by atoms with van der Waals surface area (Å²) in [5.41, 5.74) is -0.676. The van der Waals surface area contributed by atoms with Crippen LogP contribution in [0.25, 0.3) is 0 Å². The summed E-state index contributed by atoms with van der Waals surface area (Å²) in [6, 6.07) is 7.41. The van der Waals surface area contributed by atoms with E-state index in [0.717, 1.165) is 48.2 Å². The van der Waals surface area contributed by atoms with E-state index in [1.54, 1.807) is 4.90 Å². The fourth-order valence-electron chi connectivity index (χ4n) is 2.95. The largest absolute Gasteiger partial charge is 0.416 e. The van der Waals surface area contributed by atoms with Gasteiger partial charge < -0.3 is 9.80 Å². The Morgan fingerprint density at radius 1 is 0.867 bits per heavy atom. The third kappa shape index (κ3) is 5.29. The highest BCUT2D eigenvalue weighted by Gasteiger charge is 2.31. The Morgan fingerprint density at radius 2 is 1.47 bits per heavy atom. The number of amides is 2. The van der Waals surface area contributed by atoms with Gasteiger partial charge in [-0.3, -0.25) is 9.59 Å². The van der Waals surface area contributed by atoms with Crippen LogP contribution in [0.15, 0.2) is 47.4 Å². The Balaban J connectivity index is 1.50. The lowest BCUT2D eigenvalue weighted by Gasteiger charge is -2.34. The van der Waals surface area contributed by atoms with Crippen LogP contribution in [0.4, 0.5) is 22.0 Å². The van der Waals surface area contributed by atoms with Crippen molar-refractivity contribution in [3.8, 4) is 0 Å². The summed E-state index contributed by atoms with van der Waals surface area (Å²) in [5.74, 6) is -2.50. The monoisotopic (exact) mass is 444 g/mol. The number of alkyl halides is 3. The molecule has 2 aromatic rings. The van der Waals surface area contributed by atoms with Crippen LogP contribution >= 0.6 is 11.8 Å². The molecule has 0 aliphatic carbocycles. The van der Waals surface area contributed by atoms with Gasteiger partial charge in [0.15, 0.2) is 11.6 Å². The van der Waals surface area contributed by atoms with E-state index in [0.29, 0.717) is 4.90 Å². The van der Waals surface area contributed by atoms with E-state index in [1.165, 1.54) is 11.0 Å². The summed E-state index contributed by atoms with van der Waals surface area (Å²) in [7, 11) is 0. The lowest BCUT2D eigenvalue weighted by atomic mass is 10.1. The van der Waals surface area contributed by atoms with Gasteiger partial charge in [0.05, 0.1) is 11.3 Å². The molecule has 0 aromatic heterocycles. The predicted molar refractivity (Wildman–Crippen MR) is 101 cm³/mol. The first-order chi connectivity index (χ1) is 14.1. The minimum Gasteiger partial charge on any atom is -0.338 e. The number of hydrogen-bond acceptors (Lipinski definition) is 3. The molecule has 1 heterocycles. The molecule has 0 saturated carbocycles. The molecule has 4 nitrogen and oxygen atoms in total. The van der Waals surface area contributed by atoms with Gasteiger partial charge in [-0.1, -0.05) is 0 Å². The highest BCUT2D eigenvalue weighted by molar-refractivity contribution is 8.00. The molecule has 30 heavy (non-hydrogen) atoms. The van der Waals surface area contributed by atoms with Gasteiger partial charge >= 0.3 is 6.18 Å². The Bertz CT molecular complexity index is 926. The van der Waals surface area contributed by atoms with Gasteiger partial charge in [-0.2, -0.15) is 13.2 Å². The van der Waals surface area contributed by atoms with Gasteiger partial charge in [0.2, 0.25) is 5.91 Å². The standard InChI is InChI=1S/C20H17F5N2O2S/c21-16-6-5-15(11-17(16)22)30-12-18(28)26-7-9-27(10-8-26)19(29)13-1-3-14(4-2-13)20(23,24)25/h1-6,11H,7-10,12H2. The molecule has 0 unspecified atom stereocenters. The minimum atomic E-state index is -4.47. The number of halogens is 5. The van der Waals surface area contributed by atoms with Gasteiger partial charge in [0, 0.05) is 36.6 Å². The SMILES string of the molecule is O=C(CSc1ccc(F)c(F)c1)N1CCN(C(=O)c2ccc(C(F)(F)F)cc2)CC1. The molecule has 0 N–H and O–H groups in total. The number of carbonyl (C=O) groups excluding carboxylic acids is 2. The van der Waals surface area contributed by atoms with Crippen molar-refractivity contribution < 1.29 is 31.5 Å². The molecule has 1 saturated heterocycles. The summed E-state index contributed by atoms with van der Waals surface area (Å²) in [5, 5.41) is 0. The zero-order chi connectivity index (χ0) is 21.9. The topological polar surface area (TPSA) is 40.6 Å². The molecular formula is C20H17F5N2O2S. The Morgan fingerprint density at radius 3 is 2.03 bits per heavy atom. The van der Waals surface area contributed by atoms with E-state index >= 15 is 0 Å². The molecule has 160 valence electrons. The Kier molecular flexibility index (Phi) is 6.64. The average molecular weight is 444 g/mol. The summed E-state index contributed by atoms with van der Waals surface area (Å²) >= 11 is 1.08. The molecule has 1 aliphatic rings. The maximum atomic E-state index is 13.2. The molecule has 3 rings (SSSR count). The van der Waals surface area contributed by atoms with Crippen molar-refractivity contribution >= 4 is 23.6 Å². The summed E-state index contributed by atoms with van der Waals surface area (Å²) in [6.45, 7) is 1.07. The van der Waals surface area contributed by atoms with Crippen LogP contribution in [0.3, 0.4) is 0 Å². The highest BCUT2D eigenvalue weighted by Crippen LogP contribution is 2.29. The first kappa shape index (κ1) is 22.1. The molecular weight excluding hydrogens is 427 g/mol. The summed E-state index contributed by atoms with van der Waals surface area (Å²) in [4.78, 5) is 28.3. The maximum absolute atomic E-state index is 13.2. The summed E-state index contributed by atoms with van der Waals surface area (Å²) < 4.78 is 64.1. The van der Waals surface area contributed by atoms with Crippen molar-refractivity contribution in [3.05, 3.63) is 65.2 Å². The van der Waals surface area contributed by atoms with Crippen LogP contribution < -0.4 is 0 Å². The summed E-state index contributed by atoms with van der Waals surface area (Å²) in [6.07, 6.45) is -4.47. The number of nitrogens with zero attached hydrogens (tertiary/aromatic N) is 2. The van der Waals surface area contributed by atoms with E-state index < -0.39 is 29.3 Å². The molecule has 2 amide bonds. The van der Waals surface area contributed by atoms with Crippen LogP contribution in [0.5, 0.6) is 0 Å². The number of carbonyl (C=O) groups is 2. The van der Waals surface area contributed by atoms with Crippen LogP contribution in [-0.2, 0) is 11.0 Å². The molecule has 0 bridgehead atoms. The Labute approximate surface area is 173 Å². The fraction of sp³-hybridized carbons (Fsp3) is 0.300. The number of hydrogen-bond donors (Lipinski definition) is 0. The highest BCUT2D eigenvalue weighted by atomic mass is 32.2. The van der Waals surface area contributed by atoms with Crippen LogP contribution in [0.1, 0.15) is 15.9 Å². The third-order valence-electron chi connectivity index (χ3n) is 4.63. The molecule has 2 aromatic carbocycles. The van der Waals surface area contributed by atoms with E-state index in [9.17, 15) is 31.5 Å². The first-order valence-electron chi connectivity index (χ1n) is 8.97. The first-order valence-corrected chi connectivity index (χ1v) is 9.96. The maximum Gasteiger partial charge on any atom is 0.416 e. The van der Waals surface area contributed by atoms with Crippen molar-refractivity contribution in [1.82, 2.24) is 9.80 Å². The van der Waals surface area contributed by atoms with Gasteiger partial charge in [-0.05, 0) is 42.5 Å². The molecule has 0 spiro atoms. The zero-order valence-corrected chi connectivity index (χ0v) is 16.4. The number of piperazine rings is 1. The molecule has 0 atom stereocenters. The van der Waals surface area contributed by atoms with Gasteiger partial charge in [-0.25, -0.2) is 8.78 Å². The number of benzene rings is 2. The molecule has 10 heteroatoms. The molecule has 1 aliphatic heterocycles. The minimum absolute atomic E-state index is 0.0396. The predicted octanol–water partition coefficient (Wildman–Crippen LogP) is 4.06. The number of rotatable bonds is 4. The second-order valence-electron chi connectivity index (χ2n) is 6.61. The quantitative estimate of drug-likeness (QED) is 0.528. The lowest BCUT2D eigenvalue weighted by Crippen LogP contribution is -2.51.